The Morgan fingerprint density at radius 3 is 2.35 bits per heavy atom. The van der Waals surface area contributed by atoms with Crippen LogP contribution in [0.15, 0.2) is 64.4 Å². The summed E-state index contributed by atoms with van der Waals surface area (Å²) >= 11 is 1.49. The molecular formula is C13H11NO2S. The first-order valence-corrected chi connectivity index (χ1v) is 5.89. The lowest BCUT2D eigenvalue weighted by molar-refractivity contribution is 0.0703. The van der Waals surface area contributed by atoms with Crippen molar-refractivity contribution >= 4 is 17.7 Å². The van der Waals surface area contributed by atoms with Crippen molar-refractivity contribution in [2.75, 3.05) is 0 Å². The summed E-state index contributed by atoms with van der Waals surface area (Å²) in [4.78, 5) is 13.3. The maximum absolute atomic E-state index is 11.5. The van der Waals surface area contributed by atoms with Crippen molar-refractivity contribution in [1.29, 1.82) is 0 Å². The van der Waals surface area contributed by atoms with Gasteiger partial charge in [-0.15, -0.1) is 0 Å². The number of nitrogens with one attached hydrogen (secondary N) is 1. The van der Waals surface area contributed by atoms with Gasteiger partial charge in [0.25, 0.3) is 5.91 Å². The summed E-state index contributed by atoms with van der Waals surface area (Å²) in [6.45, 7) is 0. The lowest BCUT2D eigenvalue weighted by Gasteiger charge is -2.06. The van der Waals surface area contributed by atoms with Crippen molar-refractivity contribution in [3.05, 3.63) is 60.2 Å². The van der Waals surface area contributed by atoms with Crippen LogP contribution in [0.4, 0.5) is 0 Å². The molecule has 0 unspecified atom stereocenters. The standard InChI is InChI=1S/C13H11NO2S/c15-13(14-16)11-8-4-5-9-12(11)17-10-6-2-1-3-7-10/h1-9,16H,(H,14,15). The van der Waals surface area contributed by atoms with Gasteiger partial charge >= 0.3 is 0 Å². The van der Waals surface area contributed by atoms with E-state index >= 15 is 0 Å². The molecule has 17 heavy (non-hydrogen) atoms. The molecule has 0 aliphatic heterocycles. The molecule has 0 aliphatic carbocycles. The van der Waals surface area contributed by atoms with Gasteiger partial charge in [-0.05, 0) is 24.3 Å². The van der Waals surface area contributed by atoms with Crippen molar-refractivity contribution in [2.24, 2.45) is 0 Å². The second-order valence-electron chi connectivity index (χ2n) is 3.35. The van der Waals surface area contributed by atoms with Gasteiger partial charge < -0.3 is 0 Å². The molecule has 0 atom stereocenters. The summed E-state index contributed by atoms with van der Waals surface area (Å²) in [5.41, 5.74) is 2.12. The van der Waals surface area contributed by atoms with Crippen molar-refractivity contribution in [1.82, 2.24) is 5.48 Å². The Bertz CT molecular complexity index is 514. The predicted molar refractivity (Wildman–Crippen MR) is 66.3 cm³/mol. The lowest BCUT2D eigenvalue weighted by atomic mass is 10.2. The van der Waals surface area contributed by atoms with E-state index in [-0.39, 0.29) is 0 Å². The van der Waals surface area contributed by atoms with Gasteiger partial charge in [-0.2, -0.15) is 0 Å². The molecule has 0 radical (unpaired) electrons. The molecular weight excluding hydrogens is 234 g/mol. The van der Waals surface area contributed by atoms with E-state index in [0.717, 1.165) is 9.79 Å². The number of hydrogen-bond donors (Lipinski definition) is 2. The average Bonchev–Trinajstić information content (AvgIpc) is 2.40. The molecule has 4 heteroatoms. The highest BCUT2D eigenvalue weighted by atomic mass is 32.2. The Labute approximate surface area is 103 Å². The minimum absolute atomic E-state index is 0.462. The molecule has 0 aromatic heterocycles. The van der Waals surface area contributed by atoms with Crippen LogP contribution in [0.1, 0.15) is 10.4 Å². The third-order valence-corrected chi connectivity index (χ3v) is 3.29. The topological polar surface area (TPSA) is 49.3 Å². The summed E-state index contributed by atoms with van der Waals surface area (Å²) in [6, 6.07) is 16.9. The normalized spacial score (nSPS) is 9.94. The van der Waals surface area contributed by atoms with Crippen LogP contribution in [0, 0.1) is 0 Å². The van der Waals surface area contributed by atoms with E-state index in [1.165, 1.54) is 11.8 Å². The fourth-order valence-electron chi connectivity index (χ4n) is 1.42. The number of hydroxylamine groups is 1. The molecule has 2 aromatic rings. The number of carbonyl (C=O) groups excluding carboxylic acids is 1. The second-order valence-corrected chi connectivity index (χ2v) is 4.47. The van der Waals surface area contributed by atoms with Crippen molar-refractivity contribution in [3.63, 3.8) is 0 Å². The van der Waals surface area contributed by atoms with Crippen molar-refractivity contribution in [3.8, 4) is 0 Å². The first-order valence-electron chi connectivity index (χ1n) is 5.07. The zero-order chi connectivity index (χ0) is 12.1. The maximum atomic E-state index is 11.5. The first-order chi connectivity index (χ1) is 8.31. The zero-order valence-corrected chi connectivity index (χ0v) is 9.78. The summed E-state index contributed by atoms with van der Waals surface area (Å²) in [5, 5.41) is 8.67. The Kier molecular flexibility index (Phi) is 3.80. The third-order valence-electron chi connectivity index (χ3n) is 2.20. The van der Waals surface area contributed by atoms with E-state index in [1.54, 1.807) is 17.6 Å². The summed E-state index contributed by atoms with van der Waals surface area (Å²) in [7, 11) is 0. The first kappa shape index (κ1) is 11.7. The van der Waals surface area contributed by atoms with E-state index < -0.39 is 5.91 Å². The number of hydrogen-bond acceptors (Lipinski definition) is 3. The van der Waals surface area contributed by atoms with E-state index in [4.69, 9.17) is 5.21 Å². The summed E-state index contributed by atoms with van der Waals surface area (Å²) in [5.74, 6) is -0.496. The summed E-state index contributed by atoms with van der Waals surface area (Å²) in [6.07, 6.45) is 0. The van der Waals surface area contributed by atoms with Crippen LogP contribution in [0.2, 0.25) is 0 Å². The largest absolute Gasteiger partial charge is 0.288 e. The van der Waals surface area contributed by atoms with Crippen molar-refractivity contribution < 1.29 is 10.0 Å². The number of benzene rings is 2. The van der Waals surface area contributed by atoms with Gasteiger partial charge in [-0.1, -0.05) is 42.1 Å². The Morgan fingerprint density at radius 1 is 1.00 bits per heavy atom. The highest BCUT2D eigenvalue weighted by Crippen LogP contribution is 2.29. The highest BCUT2D eigenvalue weighted by Gasteiger charge is 2.10. The molecule has 3 nitrogen and oxygen atoms in total. The summed E-state index contributed by atoms with van der Waals surface area (Å²) < 4.78 is 0. The third kappa shape index (κ3) is 2.87. The minimum Gasteiger partial charge on any atom is -0.288 e. The molecule has 0 bridgehead atoms. The highest BCUT2D eigenvalue weighted by molar-refractivity contribution is 7.99. The van der Waals surface area contributed by atoms with Gasteiger partial charge in [-0.3, -0.25) is 10.0 Å². The fourth-order valence-corrected chi connectivity index (χ4v) is 2.38. The molecule has 1 amide bonds. The van der Waals surface area contributed by atoms with E-state index in [1.807, 2.05) is 42.5 Å². The number of carbonyl (C=O) groups is 1. The predicted octanol–water partition coefficient (Wildman–Crippen LogP) is 2.96. The molecule has 0 fully saturated rings. The van der Waals surface area contributed by atoms with E-state index in [0.29, 0.717) is 5.56 Å². The molecule has 0 heterocycles. The van der Waals surface area contributed by atoms with Gasteiger partial charge in [0.2, 0.25) is 0 Å². The van der Waals surface area contributed by atoms with Crippen LogP contribution < -0.4 is 5.48 Å². The Morgan fingerprint density at radius 2 is 1.65 bits per heavy atom. The molecule has 2 aromatic carbocycles. The van der Waals surface area contributed by atoms with Gasteiger partial charge in [0.15, 0.2) is 0 Å². The van der Waals surface area contributed by atoms with Gasteiger partial charge in [0.05, 0.1) is 5.56 Å². The molecule has 0 aliphatic rings. The van der Waals surface area contributed by atoms with Crippen LogP contribution in [0.3, 0.4) is 0 Å². The van der Waals surface area contributed by atoms with E-state index in [9.17, 15) is 4.79 Å². The molecule has 2 N–H and O–H groups in total. The molecule has 86 valence electrons. The molecule has 2 rings (SSSR count). The quantitative estimate of drug-likeness (QED) is 0.645. The van der Waals surface area contributed by atoms with Crippen LogP contribution in [0.25, 0.3) is 0 Å². The van der Waals surface area contributed by atoms with Crippen LogP contribution >= 0.6 is 11.8 Å². The van der Waals surface area contributed by atoms with Crippen LogP contribution in [0.5, 0.6) is 0 Å². The van der Waals surface area contributed by atoms with E-state index in [2.05, 4.69) is 0 Å². The van der Waals surface area contributed by atoms with Crippen molar-refractivity contribution in [2.45, 2.75) is 9.79 Å². The van der Waals surface area contributed by atoms with Gasteiger partial charge in [0, 0.05) is 9.79 Å². The second kappa shape index (κ2) is 5.52. The van der Waals surface area contributed by atoms with Crippen LogP contribution in [-0.2, 0) is 0 Å². The lowest BCUT2D eigenvalue weighted by Crippen LogP contribution is -2.19. The number of rotatable bonds is 3. The zero-order valence-electron chi connectivity index (χ0n) is 8.96. The average molecular weight is 245 g/mol. The maximum Gasteiger partial charge on any atom is 0.275 e. The van der Waals surface area contributed by atoms with Gasteiger partial charge in [-0.25, -0.2) is 5.48 Å². The smallest absolute Gasteiger partial charge is 0.275 e. The van der Waals surface area contributed by atoms with Gasteiger partial charge in [0.1, 0.15) is 0 Å². The molecule has 0 spiro atoms. The molecule has 0 saturated heterocycles. The number of amides is 1. The fraction of sp³-hybridized carbons (Fsp3) is 0. The SMILES string of the molecule is O=C(NO)c1ccccc1Sc1ccccc1. The Balaban J connectivity index is 2.30. The monoisotopic (exact) mass is 245 g/mol. The minimum atomic E-state index is -0.496. The molecule has 0 saturated carbocycles. The van der Waals surface area contributed by atoms with Crippen LogP contribution in [-0.4, -0.2) is 11.1 Å². The Hall–Kier alpha value is -1.78.